The first kappa shape index (κ1) is 24.3. The van der Waals surface area contributed by atoms with Crippen molar-refractivity contribution in [3.8, 4) is 11.5 Å². The van der Waals surface area contributed by atoms with Crippen LogP contribution in [0.25, 0.3) is 11.1 Å². The standard InChI is InChI=1S/C23H30N4O6S/c1-4-31-22-13-16(5-7-20(22)28)15-27-11-9-17(10-12-27)24-23-25-19-14-18(6-8-21(19)32-23)34(29,30)33-26(2)3/h5-8,13-14,17,28H,4,9-12,15H2,1-3H3,(H,24,25). The van der Waals surface area contributed by atoms with Gasteiger partial charge in [-0.15, -0.1) is 0 Å². The Balaban J connectivity index is 1.35. The molecule has 1 aliphatic rings. The van der Waals surface area contributed by atoms with Gasteiger partial charge in [0.2, 0.25) is 0 Å². The second-order valence-corrected chi connectivity index (χ2v) is 9.95. The number of hydrogen-bond donors (Lipinski definition) is 2. The maximum absolute atomic E-state index is 12.3. The van der Waals surface area contributed by atoms with Crippen LogP contribution in [-0.4, -0.2) is 68.3 Å². The summed E-state index contributed by atoms with van der Waals surface area (Å²) in [6, 6.07) is 10.5. The van der Waals surface area contributed by atoms with Gasteiger partial charge in [-0.3, -0.25) is 4.90 Å². The number of nitrogens with one attached hydrogen (secondary N) is 1. The second kappa shape index (κ2) is 10.2. The molecular formula is C23H30N4O6S. The van der Waals surface area contributed by atoms with Crippen molar-refractivity contribution in [3.63, 3.8) is 0 Å². The lowest BCUT2D eigenvalue weighted by Crippen LogP contribution is -2.38. The molecule has 11 heteroatoms. The fourth-order valence-corrected chi connectivity index (χ4v) is 4.93. The molecule has 0 unspecified atom stereocenters. The molecule has 0 radical (unpaired) electrons. The van der Waals surface area contributed by atoms with Crippen LogP contribution in [0.2, 0.25) is 0 Å². The molecule has 1 saturated heterocycles. The Bertz CT molecular complexity index is 1240. The molecule has 184 valence electrons. The summed E-state index contributed by atoms with van der Waals surface area (Å²) in [7, 11) is -0.908. The number of piperidine rings is 1. The van der Waals surface area contributed by atoms with Gasteiger partial charge in [-0.1, -0.05) is 6.07 Å². The van der Waals surface area contributed by atoms with E-state index < -0.39 is 10.1 Å². The van der Waals surface area contributed by atoms with E-state index in [0.717, 1.165) is 43.1 Å². The van der Waals surface area contributed by atoms with Gasteiger partial charge in [0.1, 0.15) is 5.52 Å². The second-order valence-electron chi connectivity index (χ2n) is 8.42. The van der Waals surface area contributed by atoms with Gasteiger partial charge in [0.05, 0.1) is 11.5 Å². The zero-order valence-electron chi connectivity index (χ0n) is 19.5. The molecule has 10 nitrogen and oxygen atoms in total. The highest BCUT2D eigenvalue weighted by Gasteiger charge is 2.22. The molecule has 0 spiro atoms. The molecule has 1 aromatic heterocycles. The summed E-state index contributed by atoms with van der Waals surface area (Å²) >= 11 is 0. The van der Waals surface area contributed by atoms with Crippen molar-refractivity contribution in [2.24, 2.45) is 0 Å². The fourth-order valence-electron chi connectivity index (χ4n) is 3.96. The molecule has 2 heterocycles. The van der Waals surface area contributed by atoms with E-state index in [4.69, 9.17) is 13.4 Å². The highest BCUT2D eigenvalue weighted by Crippen LogP contribution is 2.28. The highest BCUT2D eigenvalue weighted by molar-refractivity contribution is 7.86. The first-order valence-corrected chi connectivity index (χ1v) is 12.6. The van der Waals surface area contributed by atoms with E-state index in [2.05, 4.69) is 15.2 Å². The van der Waals surface area contributed by atoms with Gasteiger partial charge in [-0.25, -0.2) is 0 Å². The summed E-state index contributed by atoms with van der Waals surface area (Å²) in [6.07, 6.45) is 1.82. The lowest BCUT2D eigenvalue weighted by atomic mass is 10.0. The third kappa shape index (κ3) is 5.79. The van der Waals surface area contributed by atoms with Crippen molar-refractivity contribution in [3.05, 3.63) is 42.0 Å². The van der Waals surface area contributed by atoms with Crippen LogP contribution in [0.15, 0.2) is 45.7 Å². The van der Waals surface area contributed by atoms with E-state index in [9.17, 15) is 13.5 Å². The van der Waals surface area contributed by atoms with E-state index in [1.807, 2.05) is 19.1 Å². The van der Waals surface area contributed by atoms with Crippen LogP contribution in [-0.2, 0) is 20.9 Å². The van der Waals surface area contributed by atoms with Gasteiger partial charge in [0, 0.05) is 39.8 Å². The van der Waals surface area contributed by atoms with E-state index >= 15 is 0 Å². The topological polar surface area (TPSA) is 117 Å². The minimum atomic E-state index is -3.91. The molecule has 0 aliphatic carbocycles. The van der Waals surface area contributed by atoms with Gasteiger partial charge in [-0.2, -0.15) is 22.7 Å². The summed E-state index contributed by atoms with van der Waals surface area (Å²) in [5, 5.41) is 14.3. The number of nitrogens with zero attached hydrogens (tertiary/aromatic N) is 3. The van der Waals surface area contributed by atoms with Gasteiger partial charge < -0.3 is 19.6 Å². The summed E-state index contributed by atoms with van der Waals surface area (Å²) in [5.74, 6) is 0.665. The number of likely N-dealkylation sites (tertiary alicyclic amines) is 1. The first-order chi connectivity index (χ1) is 16.2. The Kier molecular flexibility index (Phi) is 7.27. The quantitative estimate of drug-likeness (QED) is 0.433. The van der Waals surface area contributed by atoms with Gasteiger partial charge in [0.25, 0.3) is 6.01 Å². The van der Waals surface area contributed by atoms with Gasteiger partial charge in [-0.05, 0) is 55.7 Å². The Hall–Kier alpha value is -2.86. The fraction of sp³-hybridized carbons (Fsp3) is 0.435. The summed E-state index contributed by atoms with van der Waals surface area (Å²) in [4.78, 5) is 6.79. The van der Waals surface area contributed by atoms with Crippen molar-refractivity contribution >= 4 is 27.2 Å². The molecule has 0 atom stereocenters. The van der Waals surface area contributed by atoms with Crippen LogP contribution in [0.1, 0.15) is 25.3 Å². The van der Waals surface area contributed by atoms with Crippen LogP contribution >= 0.6 is 0 Å². The van der Waals surface area contributed by atoms with E-state index in [0.29, 0.717) is 29.5 Å². The molecule has 1 aliphatic heterocycles. The Morgan fingerprint density at radius 2 is 1.97 bits per heavy atom. The normalized spacial score (nSPS) is 15.8. The van der Waals surface area contributed by atoms with Crippen molar-refractivity contribution in [1.29, 1.82) is 0 Å². The number of anilines is 1. The highest BCUT2D eigenvalue weighted by atomic mass is 32.2. The van der Waals surface area contributed by atoms with Crippen molar-refractivity contribution in [2.45, 2.75) is 37.2 Å². The number of benzene rings is 2. The zero-order chi connectivity index (χ0) is 24.3. The molecule has 0 saturated carbocycles. The monoisotopic (exact) mass is 490 g/mol. The molecule has 4 rings (SSSR count). The average Bonchev–Trinajstić information content (AvgIpc) is 3.18. The molecule has 1 fully saturated rings. The molecular weight excluding hydrogens is 460 g/mol. The van der Waals surface area contributed by atoms with Crippen molar-refractivity contribution in [1.82, 2.24) is 14.9 Å². The Morgan fingerprint density at radius 3 is 2.68 bits per heavy atom. The van der Waals surface area contributed by atoms with Gasteiger partial charge in [0.15, 0.2) is 17.1 Å². The number of ether oxygens (including phenoxy) is 1. The number of aromatic hydroxyl groups is 1. The number of aromatic nitrogens is 1. The third-order valence-electron chi connectivity index (χ3n) is 5.54. The Labute approximate surface area is 199 Å². The number of fused-ring (bicyclic) bond motifs is 1. The maximum Gasteiger partial charge on any atom is 0.313 e. The predicted octanol–water partition coefficient (Wildman–Crippen LogP) is 3.19. The summed E-state index contributed by atoms with van der Waals surface area (Å²) in [6.45, 7) is 4.97. The number of phenolic OH excluding ortho intramolecular Hbond substituents is 1. The van der Waals surface area contributed by atoms with E-state index in [-0.39, 0.29) is 16.7 Å². The van der Waals surface area contributed by atoms with Crippen LogP contribution in [0.4, 0.5) is 6.01 Å². The third-order valence-corrected chi connectivity index (χ3v) is 6.87. The van der Waals surface area contributed by atoms with Crippen LogP contribution in [0.5, 0.6) is 11.5 Å². The number of hydrogen-bond acceptors (Lipinski definition) is 10. The maximum atomic E-state index is 12.3. The van der Waals surface area contributed by atoms with E-state index in [1.165, 1.54) is 26.2 Å². The zero-order valence-corrected chi connectivity index (χ0v) is 20.3. The van der Waals surface area contributed by atoms with Crippen molar-refractivity contribution < 1.29 is 27.0 Å². The molecule has 0 bridgehead atoms. The lowest BCUT2D eigenvalue weighted by Gasteiger charge is -2.32. The number of phenols is 1. The van der Waals surface area contributed by atoms with Crippen molar-refractivity contribution in [2.75, 3.05) is 39.1 Å². The SMILES string of the molecule is CCOc1cc(CN2CCC(Nc3nc4cc(S(=O)(=O)ON(C)C)ccc4o3)CC2)ccc1O. The minimum absolute atomic E-state index is 0.0172. The van der Waals surface area contributed by atoms with Gasteiger partial charge >= 0.3 is 10.1 Å². The Morgan fingerprint density at radius 1 is 1.21 bits per heavy atom. The number of rotatable bonds is 9. The molecule has 34 heavy (non-hydrogen) atoms. The first-order valence-electron chi connectivity index (χ1n) is 11.2. The average molecular weight is 491 g/mol. The number of hydroxylamine groups is 2. The minimum Gasteiger partial charge on any atom is -0.504 e. The van der Waals surface area contributed by atoms with Crippen LogP contribution < -0.4 is 10.1 Å². The summed E-state index contributed by atoms with van der Waals surface area (Å²) in [5.41, 5.74) is 2.04. The molecule has 3 aromatic rings. The summed E-state index contributed by atoms with van der Waals surface area (Å²) < 4.78 is 40.7. The largest absolute Gasteiger partial charge is 0.504 e. The molecule has 2 N–H and O–H groups in total. The van der Waals surface area contributed by atoms with Crippen LogP contribution in [0.3, 0.4) is 0 Å². The smallest absolute Gasteiger partial charge is 0.313 e. The molecule has 0 amide bonds. The predicted molar refractivity (Wildman–Crippen MR) is 127 cm³/mol. The molecule has 2 aromatic carbocycles. The van der Waals surface area contributed by atoms with Crippen LogP contribution in [0, 0.1) is 0 Å². The van der Waals surface area contributed by atoms with E-state index in [1.54, 1.807) is 12.1 Å². The number of oxazole rings is 1. The lowest BCUT2D eigenvalue weighted by molar-refractivity contribution is 0.00515.